The van der Waals surface area contributed by atoms with Crippen LogP contribution in [0, 0.1) is 0 Å². The second-order valence-electron chi connectivity index (χ2n) is 3.86. The van der Waals surface area contributed by atoms with E-state index in [1.54, 1.807) is 6.20 Å². The van der Waals surface area contributed by atoms with Gasteiger partial charge >= 0.3 is 0 Å². The number of aromatic nitrogens is 1. The Kier molecular flexibility index (Phi) is 4.35. The van der Waals surface area contributed by atoms with E-state index in [0.29, 0.717) is 12.2 Å². The summed E-state index contributed by atoms with van der Waals surface area (Å²) in [5.41, 5.74) is 7.91. The summed E-state index contributed by atoms with van der Waals surface area (Å²) < 4.78 is 1.02. The quantitative estimate of drug-likeness (QED) is 0.350. The third kappa shape index (κ3) is 3.45. The molecule has 0 aliphatic heterocycles. The molecule has 1 aromatic carbocycles. The number of hydrogen-bond acceptors (Lipinski definition) is 4. The topological polar surface area (TPSA) is 83.5 Å². The number of rotatable bonds is 4. The van der Waals surface area contributed by atoms with Gasteiger partial charge in [0, 0.05) is 28.5 Å². The molecule has 0 unspecified atom stereocenters. The number of benzene rings is 1. The highest BCUT2D eigenvalue weighted by Gasteiger charge is 2.07. The van der Waals surface area contributed by atoms with Crippen LogP contribution in [0.5, 0.6) is 0 Å². The Balaban J connectivity index is 2.13. The molecule has 1 aromatic heterocycles. The predicted molar refractivity (Wildman–Crippen MR) is 78.2 cm³/mol. The molecule has 0 radical (unpaired) electrons. The van der Waals surface area contributed by atoms with Crippen LogP contribution in [0.4, 0.5) is 5.69 Å². The zero-order valence-corrected chi connectivity index (χ0v) is 11.6. The number of hydrogen-bond donors (Lipinski definition) is 3. The van der Waals surface area contributed by atoms with Crippen molar-refractivity contribution in [2.75, 3.05) is 5.32 Å². The van der Waals surface area contributed by atoms with Gasteiger partial charge in [-0.2, -0.15) is 0 Å². The lowest BCUT2D eigenvalue weighted by molar-refractivity contribution is 0.318. The van der Waals surface area contributed by atoms with E-state index in [2.05, 4.69) is 31.4 Å². The largest absolute Gasteiger partial charge is 0.409 e. The van der Waals surface area contributed by atoms with Crippen LogP contribution in [-0.4, -0.2) is 16.0 Å². The normalized spacial score (nSPS) is 11.3. The third-order valence-electron chi connectivity index (χ3n) is 2.57. The maximum Gasteiger partial charge on any atom is 0.189 e. The fourth-order valence-electron chi connectivity index (χ4n) is 1.62. The molecule has 0 saturated heterocycles. The lowest BCUT2D eigenvalue weighted by Crippen LogP contribution is -2.18. The van der Waals surface area contributed by atoms with E-state index in [1.165, 1.54) is 0 Å². The van der Waals surface area contributed by atoms with Crippen molar-refractivity contribution in [3.63, 3.8) is 0 Å². The van der Waals surface area contributed by atoms with Gasteiger partial charge in [0.15, 0.2) is 5.84 Å². The summed E-state index contributed by atoms with van der Waals surface area (Å²) in [7, 11) is 0. The van der Waals surface area contributed by atoms with Crippen molar-refractivity contribution in [2.45, 2.75) is 6.54 Å². The number of oxime groups is 1. The SMILES string of the molecule is NC(=NO)c1ncccc1CNc1ccc(Br)cc1. The summed E-state index contributed by atoms with van der Waals surface area (Å²) in [6.07, 6.45) is 1.61. The van der Waals surface area contributed by atoms with Gasteiger partial charge in [-0.15, -0.1) is 0 Å². The summed E-state index contributed by atoms with van der Waals surface area (Å²) >= 11 is 3.38. The molecular weight excluding hydrogens is 308 g/mol. The number of pyridine rings is 1. The Morgan fingerprint density at radius 2 is 2.05 bits per heavy atom. The van der Waals surface area contributed by atoms with Crippen molar-refractivity contribution < 1.29 is 5.21 Å². The standard InChI is InChI=1S/C13H13BrN4O/c14-10-3-5-11(6-4-10)17-8-9-2-1-7-16-12(9)13(15)18-19/h1-7,17,19H,8H2,(H2,15,18). The maximum absolute atomic E-state index is 8.73. The molecule has 0 bridgehead atoms. The predicted octanol–water partition coefficient (Wildman–Crippen LogP) is 2.55. The minimum atomic E-state index is 0.00760. The fraction of sp³-hybridized carbons (Fsp3) is 0.0769. The Hall–Kier alpha value is -2.08. The average molecular weight is 321 g/mol. The van der Waals surface area contributed by atoms with Gasteiger partial charge in [-0.1, -0.05) is 27.2 Å². The number of anilines is 1. The Bertz CT molecular complexity index is 583. The Labute approximate surface area is 119 Å². The van der Waals surface area contributed by atoms with Crippen molar-refractivity contribution in [3.8, 4) is 0 Å². The lowest BCUT2D eigenvalue weighted by Gasteiger charge is -2.09. The molecule has 6 heteroatoms. The zero-order chi connectivity index (χ0) is 13.7. The molecular formula is C13H13BrN4O. The minimum absolute atomic E-state index is 0.00760. The number of nitrogens with one attached hydrogen (secondary N) is 1. The van der Waals surface area contributed by atoms with Crippen LogP contribution in [-0.2, 0) is 6.54 Å². The van der Waals surface area contributed by atoms with E-state index in [1.807, 2.05) is 36.4 Å². The van der Waals surface area contributed by atoms with Crippen molar-refractivity contribution in [1.82, 2.24) is 4.98 Å². The van der Waals surface area contributed by atoms with Gasteiger partial charge in [-0.25, -0.2) is 0 Å². The van der Waals surface area contributed by atoms with Crippen LogP contribution >= 0.6 is 15.9 Å². The molecule has 0 spiro atoms. The van der Waals surface area contributed by atoms with Crippen molar-refractivity contribution in [3.05, 3.63) is 58.3 Å². The van der Waals surface area contributed by atoms with Crippen molar-refractivity contribution >= 4 is 27.5 Å². The second-order valence-corrected chi connectivity index (χ2v) is 4.77. The summed E-state index contributed by atoms with van der Waals surface area (Å²) in [6, 6.07) is 11.5. The van der Waals surface area contributed by atoms with E-state index in [4.69, 9.17) is 10.9 Å². The average Bonchev–Trinajstić information content (AvgIpc) is 2.46. The maximum atomic E-state index is 8.73. The smallest absolute Gasteiger partial charge is 0.189 e. The molecule has 1 heterocycles. The van der Waals surface area contributed by atoms with Crippen LogP contribution in [0.3, 0.4) is 0 Å². The molecule has 98 valence electrons. The first-order chi connectivity index (χ1) is 9.20. The van der Waals surface area contributed by atoms with E-state index >= 15 is 0 Å². The van der Waals surface area contributed by atoms with Crippen molar-refractivity contribution in [2.24, 2.45) is 10.9 Å². The van der Waals surface area contributed by atoms with Gasteiger partial charge in [-0.3, -0.25) is 4.98 Å². The highest BCUT2D eigenvalue weighted by atomic mass is 79.9. The van der Waals surface area contributed by atoms with Gasteiger partial charge in [0.05, 0.1) is 0 Å². The molecule has 2 aromatic rings. The summed E-state index contributed by atoms with van der Waals surface area (Å²) in [4.78, 5) is 4.11. The van der Waals surface area contributed by atoms with Gasteiger partial charge < -0.3 is 16.3 Å². The molecule has 0 fully saturated rings. The number of nitrogens with zero attached hydrogens (tertiary/aromatic N) is 2. The summed E-state index contributed by atoms with van der Waals surface area (Å²) in [5.74, 6) is 0.00760. The summed E-state index contributed by atoms with van der Waals surface area (Å²) in [6.45, 7) is 0.543. The lowest BCUT2D eigenvalue weighted by atomic mass is 10.1. The number of amidine groups is 1. The van der Waals surface area contributed by atoms with Crippen LogP contribution < -0.4 is 11.1 Å². The van der Waals surface area contributed by atoms with Crippen LogP contribution in [0.25, 0.3) is 0 Å². The third-order valence-corrected chi connectivity index (χ3v) is 3.10. The van der Waals surface area contributed by atoms with E-state index < -0.39 is 0 Å². The van der Waals surface area contributed by atoms with Crippen molar-refractivity contribution in [1.29, 1.82) is 0 Å². The number of halogens is 1. The molecule has 2 rings (SSSR count). The second kappa shape index (κ2) is 6.19. The first-order valence-electron chi connectivity index (χ1n) is 5.62. The minimum Gasteiger partial charge on any atom is -0.409 e. The van der Waals surface area contributed by atoms with E-state index in [9.17, 15) is 0 Å². The monoisotopic (exact) mass is 320 g/mol. The van der Waals surface area contributed by atoms with Gasteiger partial charge in [-0.05, 0) is 30.3 Å². The highest BCUT2D eigenvalue weighted by molar-refractivity contribution is 9.10. The van der Waals surface area contributed by atoms with Gasteiger partial charge in [0.2, 0.25) is 0 Å². The Morgan fingerprint density at radius 1 is 1.32 bits per heavy atom. The van der Waals surface area contributed by atoms with E-state index in [-0.39, 0.29) is 5.84 Å². The van der Waals surface area contributed by atoms with Crippen LogP contribution in [0.2, 0.25) is 0 Å². The first kappa shape index (κ1) is 13.4. The van der Waals surface area contributed by atoms with Gasteiger partial charge in [0.1, 0.15) is 5.69 Å². The fourth-order valence-corrected chi connectivity index (χ4v) is 1.89. The molecule has 19 heavy (non-hydrogen) atoms. The van der Waals surface area contributed by atoms with Gasteiger partial charge in [0.25, 0.3) is 0 Å². The molecule has 5 nitrogen and oxygen atoms in total. The zero-order valence-electron chi connectivity index (χ0n) is 10.0. The van der Waals surface area contributed by atoms with Crippen LogP contribution in [0.15, 0.2) is 52.2 Å². The molecule has 4 N–H and O–H groups in total. The molecule has 0 aliphatic carbocycles. The van der Waals surface area contributed by atoms with Crippen LogP contribution in [0.1, 0.15) is 11.3 Å². The summed E-state index contributed by atoms with van der Waals surface area (Å²) in [5, 5.41) is 15.0. The Morgan fingerprint density at radius 3 is 2.74 bits per heavy atom. The number of nitrogens with two attached hydrogens (primary N) is 1. The molecule has 0 saturated carbocycles. The highest BCUT2D eigenvalue weighted by Crippen LogP contribution is 2.15. The first-order valence-corrected chi connectivity index (χ1v) is 6.41. The molecule has 0 amide bonds. The molecule has 0 aliphatic rings. The molecule has 0 atom stereocenters. The van der Waals surface area contributed by atoms with E-state index in [0.717, 1.165) is 15.7 Å².